The summed E-state index contributed by atoms with van der Waals surface area (Å²) in [5.41, 5.74) is 0.892. The molecule has 0 aliphatic rings. The molecule has 100 valence electrons. The number of Topliss-reactive ketones (excluding diaryl/α,β-unsaturated/α-hetero) is 1. The molecule has 2 heteroatoms. The Balaban J connectivity index is 2.76. The molecule has 0 aromatic heterocycles. The molecule has 0 amide bonds. The van der Waals surface area contributed by atoms with Gasteiger partial charge in [-0.25, -0.2) is 0 Å². The lowest BCUT2D eigenvalue weighted by Crippen LogP contribution is -2.39. The van der Waals surface area contributed by atoms with Crippen molar-refractivity contribution in [2.75, 3.05) is 0 Å². The highest BCUT2D eigenvalue weighted by molar-refractivity contribution is 5.80. The van der Waals surface area contributed by atoms with Crippen LogP contribution in [0.4, 0.5) is 0 Å². The molecule has 0 unspecified atom stereocenters. The SMILES string of the molecule is CCC(=O)[C@H](C)[C@@H](O)C(C)(C)Cc1ccccc1. The van der Waals surface area contributed by atoms with Crippen LogP contribution in [-0.4, -0.2) is 17.0 Å². The largest absolute Gasteiger partial charge is 0.392 e. The molecule has 0 spiro atoms. The van der Waals surface area contributed by atoms with E-state index in [-0.39, 0.29) is 17.1 Å². The Labute approximate surface area is 110 Å². The summed E-state index contributed by atoms with van der Waals surface area (Å²) in [7, 11) is 0. The van der Waals surface area contributed by atoms with Gasteiger partial charge in [-0.05, 0) is 17.4 Å². The summed E-state index contributed by atoms with van der Waals surface area (Å²) in [6.07, 6.45) is 0.654. The molecule has 1 aromatic rings. The topological polar surface area (TPSA) is 37.3 Å². The van der Waals surface area contributed by atoms with E-state index in [1.54, 1.807) is 0 Å². The van der Waals surface area contributed by atoms with E-state index in [1.807, 2.05) is 45.9 Å². The summed E-state index contributed by atoms with van der Waals surface area (Å²) < 4.78 is 0. The van der Waals surface area contributed by atoms with Crippen molar-refractivity contribution in [1.29, 1.82) is 0 Å². The summed E-state index contributed by atoms with van der Waals surface area (Å²) in [6, 6.07) is 10.1. The molecular weight excluding hydrogens is 224 g/mol. The van der Waals surface area contributed by atoms with Crippen molar-refractivity contribution in [2.24, 2.45) is 11.3 Å². The Hall–Kier alpha value is -1.15. The van der Waals surface area contributed by atoms with Crippen molar-refractivity contribution in [1.82, 2.24) is 0 Å². The molecule has 0 bridgehead atoms. The number of carbonyl (C=O) groups is 1. The monoisotopic (exact) mass is 248 g/mol. The average Bonchev–Trinajstić information content (AvgIpc) is 2.36. The number of aliphatic hydroxyl groups excluding tert-OH is 1. The molecule has 1 aromatic carbocycles. The van der Waals surface area contributed by atoms with Gasteiger partial charge in [0, 0.05) is 12.3 Å². The zero-order valence-electron chi connectivity index (χ0n) is 11.8. The van der Waals surface area contributed by atoms with E-state index in [0.717, 1.165) is 6.42 Å². The van der Waals surface area contributed by atoms with Crippen LogP contribution in [-0.2, 0) is 11.2 Å². The molecule has 0 radical (unpaired) electrons. The van der Waals surface area contributed by atoms with Crippen LogP contribution in [0.1, 0.15) is 39.7 Å². The first-order valence-corrected chi connectivity index (χ1v) is 6.63. The number of benzene rings is 1. The van der Waals surface area contributed by atoms with Crippen LogP contribution in [0.3, 0.4) is 0 Å². The van der Waals surface area contributed by atoms with Crippen LogP contribution in [0.5, 0.6) is 0 Å². The number of ketones is 1. The second kappa shape index (κ2) is 6.14. The summed E-state index contributed by atoms with van der Waals surface area (Å²) >= 11 is 0. The van der Waals surface area contributed by atoms with Gasteiger partial charge in [0.05, 0.1) is 6.10 Å². The van der Waals surface area contributed by atoms with Crippen molar-refractivity contribution in [3.8, 4) is 0 Å². The van der Waals surface area contributed by atoms with Crippen LogP contribution in [0.25, 0.3) is 0 Å². The van der Waals surface area contributed by atoms with Gasteiger partial charge in [-0.2, -0.15) is 0 Å². The minimum Gasteiger partial charge on any atom is -0.392 e. The normalized spacial score (nSPS) is 15.2. The molecule has 0 fully saturated rings. The third-order valence-corrected chi connectivity index (χ3v) is 3.63. The van der Waals surface area contributed by atoms with E-state index in [1.165, 1.54) is 5.56 Å². The molecule has 0 saturated carbocycles. The van der Waals surface area contributed by atoms with E-state index in [9.17, 15) is 9.90 Å². The van der Waals surface area contributed by atoms with Gasteiger partial charge in [-0.15, -0.1) is 0 Å². The highest BCUT2D eigenvalue weighted by Gasteiger charge is 2.34. The zero-order valence-corrected chi connectivity index (χ0v) is 11.8. The van der Waals surface area contributed by atoms with E-state index < -0.39 is 6.10 Å². The summed E-state index contributed by atoms with van der Waals surface area (Å²) in [4.78, 5) is 11.7. The van der Waals surface area contributed by atoms with E-state index in [2.05, 4.69) is 12.1 Å². The first kappa shape index (κ1) is 14.9. The molecule has 0 aliphatic carbocycles. The number of hydrogen-bond donors (Lipinski definition) is 1. The van der Waals surface area contributed by atoms with Crippen LogP contribution < -0.4 is 0 Å². The van der Waals surface area contributed by atoms with Gasteiger partial charge < -0.3 is 5.11 Å². The molecular formula is C16H24O2. The van der Waals surface area contributed by atoms with E-state index >= 15 is 0 Å². The molecule has 1 N–H and O–H groups in total. The lowest BCUT2D eigenvalue weighted by Gasteiger charge is -2.34. The molecule has 0 heterocycles. The zero-order chi connectivity index (χ0) is 13.8. The van der Waals surface area contributed by atoms with E-state index in [0.29, 0.717) is 6.42 Å². The van der Waals surface area contributed by atoms with Gasteiger partial charge in [-0.1, -0.05) is 58.0 Å². The van der Waals surface area contributed by atoms with E-state index in [4.69, 9.17) is 0 Å². The lowest BCUT2D eigenvalue weighted by atomic mass is 9.74. The maximum absolute atomic E-state index is 11.7. The third kappa shape index (κ3) is 3.67. The standard InChI is InChI=1S/C16H24O2/c1-5-14(17)12(2)15(18)16(3,4)11-13-9-7-6-8-10-13/h6-10,12,15,18H,5,11H2,1-4H3/t12-,15+/m0/s1. The molecule has 2 nitrogen and oxygen atoms in total. The van der Waals surface area contributed by atoms with Crippen molar-refractivity contribution in [3.63, 3.8) is 0 Å². The molecule has 1 rings (SSSR count). The van der Waals surface area contributed by atoms with Crippen molar-refractivity contribution >= 4 is 5.78 Å². The lowest BCUT2D eigenvalue weighted by molar-refractivity contribution is -0.128. The average molecular weight is 248 g/mol. The Morgan fingerprint density at radius 3 is 2.33 bits per heavy atom. The number of aliphatic hydroxyl groups is 1. The second-order valence-corrected chi connectivity index (χ2v) is 5.70. The number of rotatable bonds is 6. The van der Waals surface area contributed by atoms with Crippen molar-refractivity contribution in [3.05, 3.63) is 35.9 Å². The van der Waals surface area contributed by atoms with Crippen molar-refractivity contribution in [2.45, 2.75) is 46.6 Å². The first-order valence-electron chi connectivity index (χ1n) is 6.63. The highest BCUT2D eigenvalue weighted by atomic mass is 16.3. The second-order valence-electron chi connectivity index (χ2n) is 5.70. The Morgan fingerprint density at radius 2 is 1.83 bits per heavy atom. The molecule has 0 saturated heterocycles. The van der Waals surface area contributed by atoms with Gasteiger partial charge in [0.2, 0.25) is 0 Å². The third-order valence-electron chi connectivity index (χ3n) is 3.63. The number of hydrogen-bond acceptors (Lipinski definition) is 2. The number of carbonyl (C=O) groups excluding carboxylic acids is 1. The smallest absolute Gasteiger partial charge is 0.138 e. The molecule has 18 heavy (non-hydrogen) atoms. The Kier molecular flexibility index (Phi) is 5.09. The van der Waals surface area contributed by atoms with Crippen LogP contribution in [0.2, 0.25) is 0 Å². The van der Waals surface area contributed by atoms with Crippen LogP contribution >= 0.6 is 0 Å². The fraction of sp³-hybridized carbons (Fsp3) is 0.562. The quantitative estimate of drug-likeness (QED) is 0.839. The van der Waals surface area contributed by atoms with Gasteiger partial charge >= 0.3 is 0 Å². The minimum atomic E-state index is -0.606. The summed E-state index contributed by atoms with van der Waals surface area (Å²) in [5, 5.41) is 10.4. The maximum atomic E-state index is 11.7. The van der Waals surface area contributed by atoms with Gasteiger partial charge in [0.25, 0.3) is 0 Å². The fourth-order valence-electron chi connectivity index (χ4n) is 2.40. The fourth-order valence-corrected chi connectivity index (χ4v) is 2.40. The first-order chi connectivity index (χ1) is 8.38. The van der Waals surface area contributed by atoms with Crippen LogP contribution in [0, 0.1) is 11.3 Å². The Bertz CT molecular complexity index is 381. The molecule has 2 atom stereocenters. The predicted octanol–water partition coefficient (Wildman–Crippen LogP) is 3.23. The van der Waals surface area contributed by atoms with Crippen LogP contribution in [0.15, 0.2) is 30.3 Å². The van der Waals surface area contributed by atoms with Gasteiger partial charge in [-0.3, -0.25) is 4.79 Å². The predicted molar refractivity (Wildman–Crippen MR) is 74.4 cm³/mol. The summed E-state index contributed by atoms with van der Waals surface area (Å²) in [6.45, 7) is 7.70. The Morgan fingerprint density at radius 1 is 1.28 bits per heavy atom. The van der Waals surface area contributed by atoms with Gasteiger partial charge in [0.15, 0.2) is 0 Å². The molecule has 0 aliphatic heterocycles. The van der Waals surface area contributed by atoms with Crippen molar-refractivity contribution < 1.29 is 9.90 Å². The minimum absolute atomic E-state index is 0.128. The maximum Gasteiger partial charge on any atom is 0.138 e. The summed E-state index contributed by atoms with van der Waals surface area (Å²) in [5.74, 6) is -0.169. The highest BCUT2D eigenvalue weighted by Crippen LogP contribution is 2.31. The van der Waals surface area contributed by atoms with Gasteiger partial charge in [0.1, 0.15) is 5.78 Å².